The lowest BCUT2D eigenvalue weighted by atomic mass is 10.0. The monoisotopic (exact) mass is 497 g/mol. The van der Waals surface area contributed by atoms with Crippen LogP contribution in [0, 0.1) is 0 Å². The van der Waals surface area contributed by atoms with Gasteiger partial charge in [-0.15, -0.1) is 0 Å². The second kappa shape index (κ2) is 7.68. The number of aliphatic imine (C=N–C) groups is 1. The van der Waals surface area contributed by atoms with Crippen molar-refractivity contribution in [3.8, 4) is 11.4 Å². The lowest BCUT2D eigenvalue weighted by Crippen LogP contribution is -1.96. The maximum absolute atomic E-state index is 4.81. The zero-order valence-electron chi connectivity index (χ0n) is 21.2. The zero-order chi connectivity index (χ0) is 25.5. The van der Waals surface area contributed by atoms with Crippen LogP contribution in [0.15, 0.2) is 126 Å². The summed E-state index contributed by atoms with van der Waals surface area (Å²) in [6, 6.07) is 44.1. The highest BCUT2D eigenvalue weighted by Crippen LogP contribution is 2.42. The fourth-order valence-electron chi connectivity index (χ4n) is 6.66. The number of benzene rings is 6. The topological polar surface area (TPSA) is 22.2 Å². The Balaban J connectivity index is 1.50. The van der Waals surface area contributed by atoms with Gasteiger partial charge in [-0.25, -0.2) is 0 Å². The minimum Gasteiger partial charge on any atom is -0.309 e. The molecule has 0 spiro atoms. The van der Waals surface area contributed by atoms with Crippen molar-refractivity contribution in [1.29, 1.82) is 0 Å². The SMILES string of the molecule is C1=Nc2c(cccc2-n2c3ccccc3c3cc4ccc5c6ccccc6n(-c6ccccc6)c5c4cc32)C1. The summed E-state index contributed by atoms with van der Waals surface area (Å²) in [5.41, 5.74) is 9.56. The third-order valence-electron chi connectivity index (χ3n) is 8.33. The quantitative estimate of drug-likeness (QED) is 0.227. The zero-order valence-corrected chi connectivity index (χ0v) is 21.2. The Morgan fingerprint density at radius 3 is 2.10 bits per heavy atom. The van der Waals surface area contributed by atoms with Gasteiger partial charge in [0.15, 0.2) is 0 Å². The van der Waals surface area contributed by atoms with E-state index in [9.17, 15) is 0 Å². The van der Waals surface area contributed by atoms with Gasteiger partial charge in [0.25, 0.3) is 0 Å². The standard InChI is InChI=1S/C36H23N3/c1-2-10-25(11-3-1)38-31-14-6-4-12-26(31)28-18-17-24-21-30-27-13-5-7-15-32(27)39(34(30)22-29(24)36(28)38)33-16-8-9-23-19-20-37-35(23)33/h1-18,20-22H,19H2. The van der Waals surface area contributed by atoms with Gasteiger partial charge >= 0.3 is 0 Å². The summed E-state index contributed by atoms with van der Waals surface area (Å²) in [6.45, 7) is 0. The second-order valence-electron chi connectivity index (χ2n) is 10.4. The minimum absolute atomic E-state index is 0.890. The highest BCUT2D eigenvalue weighted by atomic mass is 15.0. The normalized spacial score (nSPS) is 12.9. The largest absolute Gasteiger partial charge is 0.309 e. The van der Waals surface area contributed by atoms with Crippen molar-refractivity contribution in [2.45, 2.75) is 6.42 Å². The molecule has 0 N–H and O–H groups in total. The van der Waals surface area contributed by atoms with Crippen LogP contribution in [0.5, 0.6) is 0 Å². The first kappa shape index (κ1) is 20.9. The summed E-state index contributed by atoms with van der Waals surface area (Å²) in [5, 5.41) is 7.56. The van der Waals surface area contributed by atoms with Crippen LogP contribution in [0.1, 0.15) is 5.56 Å². The Bertz CT molecular complexity index is 2300. The van der Waals surface area contributed by atoms with E-state index >= 15 is 0 Å². The van der Waals surface area contributed by atoms with Crippen molar-refractivity contribution in [2.75, 3.05) is 0 Å². The van der Waals surface area contributed by atoms with Gasteiger partial charge in [0.2, 0.25) is 0 Å². The molecule has 2 aromatic heterocycles. The first-order valence-electron chi connectivity index (χ1n) is 13.5. The summed E-state index contributed by atoms with van der Waals surface area (Å²) in [5.74, 6) is 0. The molecule has 0 unspecified atom stereocenters. The van der Waals surface area contributed by atoms with Gasteiger partial charge in [-0.3, -0.25) is 4.99 Å². The number of aromatic nitrogens is 2. The summed E-state index contributed by atoms with van der Waals surface area (Å²) in [7, 11) is 0. The molecule has 0 atom stereocenters. The van der Waals surface area contributed by atoms with E-state index in [-0.39, 0.29) is 0 Å². The average Bonchev–Trinajstić information content (AvgIpc) is 3.69. The van der Waals surface area contributed by atoms with Crippen molar-refractivity contribution in [3.63, 3.8) is 0 Å². The average molecular weight is 498 g/mol. The van der Waals surface area contributed by atoms with Crippen LogP contribution in [-0.4, -0.2) is 15.3 Å². The number of para-hydroxylation sites is 4. The number of hydrogen-bond acceptors (Lipinski definition) is 1. The van der Waals surface area contributed by atoms with Crippen molar-refractivity contribution < 1.29 is 0 Å². The Kier molecular flexibility index (Phi) is 4.11. The van der Waals surface area contributed by atoms with E-state index in [2.05, 4.69) is 130 Å². The lowest BCUT2D eigenvalue weighted by Gasteiger charge is -2.13. The third-order valence-corrected chi connectivity index (χ3v) is 8.33. The second-order valence-corrected chi connectivity index (χ2v) is 10.4. The van der Waals surface area contributed by atoms with Crippen LogP contribution < -0.4 is 0 Å². The van der Waals surface area contributed by atoms with Crippen molar-refractivity contribution >= 4 is 66.3 Å². The molecular weight excluding hydrogens is 474 g/mol. The fraction of sp³-hybridized carbons (Fsp3) is 0.0278. The molecule has 0 amide bonds. The smallest absolute Gasteiger partial charge is 0.0901 e. The van der Waals surface area contributed by atoms with E-state index in [1.54, 1.807) is 0 Å². The summed E-state index contributed by atoms with van der Waals surface area (Å²) >= 11 is 0. The van der Waals surface area contributed by atoms with E-state index in [0.29, 0.717) is 0 Å². The summed E-state index contributed by atoms with van der Waals surface area (Å²) < 4.78 is 4.84. The Morgan fingerprint density at radius 1 is 0.513 bits per heavy atom. The van der Waals surface area contributed by atoms with Crippen LogP contribution >= 0.6 is 0 Å². The van der Waals surface area contributed by atoms with Gasteiger partial charge in [-0.1, -0.05) is 78.9 Å². The molecule has 0 saturated heterocycles. The molecule has 39 heavy (non-hydrogen) atoms. The van der Waals surface area contributed by atoms with E-state index < -0.39 is 0 Å². The molecule has 0 fully saturated rings. The molecule has 3 heterocycles. The molecule has 3 heteroatoms. The maximum atomic E-state index is 4.81. The fourth-order valence-corrected chi connectivity index (χ4v) is 6.66. The molecule has 8 aromatic rings. The van der Waals surface area contributed by atoms with Crippen molar-refractivity contribution in [3.05, 3.63) is 127 Å². The minimum atomic E-state index is 0.890. The van der Waals surface area contributed by atoms with E-state index in [1.165, 1.54) is 65.6 Å². The first-order chi connectivity index (χ1) is 19.4. The number of nitrogens with zero attached hydrogens (tertiary/aromatic N) is 3. The first-order valence-corrected chi connectivity index (χ1v) is 13.5. The van der Waals surface area contributed by atoms with Crippen LogP contribution in [0.4, 0.5) is 5.69 Å². The molecule has 0 saturated carbocycles. The van der Waals surface area contributed by atoms with Crippen LogP contribution in [0.2, 0.25) is 0 Å². The molecule has 9 rings (SSSR count). The van der Waals surface area contributed by atoms with Gasteiger partial charge in [0.05, 0.1) is 33.4 Å². The van der Waals surface area contributed by atoms with E-state index in [0.717, 1.165) is 17.8 Å². The molecule has 182 valence electrons. The van der Waals surface area contributed by atoms with Crippen LogP contribution in [-0.2, 0) is 6.42 Å². The number of rotatable bonds is 2. The third kappa shape index (κ3) is 2.79. The number of fused-ring (bicyclic) bond motifs is 9. The number of hydrogen-bond donors (Lipinski definition) is 0. The van der Waals surface area contributed by atoms with E-state index in [4.69, 9.17) is 4.99 Å². The maximum Gasteiger partial charge on any atom is 0.0901 e. The molecule has 0 radical (unpaired) electrons. The Hall–Kier alpha value is -5.15. The van der Waals surface area contributed by atoms with Crippen molar-refractivity contribution in [1.82, 2.24) is 9.13 Å². The van der Waals surface area contributed by atoms with Gasteiger partial charge < -0.3 is 9.13 Å². The molecule has 0 aliphatic carbocycles. The highest BCUT2D eigenvalue weighted by molar-refractivity contribution is 6.22. The molecule has 3 nitrogen and oxygen atoms in total. The highest BCUT2D eigenvalue weighted by Gasteiger charge is 2.20. The van der Waals surface area contributed by atoms with Crippen LogP contribution in [0.25, 0.3) is 65.8 Å². The van der Waals surface area contributed by atoms with Gasteiger partial charge in [0.1, 0.15) is 0 Å². The summed E-state index contributed by atoms with van der Waals surface area (Å²) in [6.07, 6.45) is 2.92. The van der Waals surface area contributed by atoms with Gasteiger partial charge in [-0.05, 0) is 53.4 Å². The Labute approximate surface area is 224 Å². The van der Waals surface area contributed by atoms with Crippen molar-refractivity contribution in [2.24, 2.45) is 4.99 Å². The summed E-state index contributed by atoms with van der Waals surface area (Å²) in [4.78, 5) is 4.81. The molecule has 0 bridgehead atoms. The molecule has 6 aromatic carbocycles. The lowest BCUT2D eigenvalue weighted by molar-refractivity contribution is 1.17. The predicted molar refractivity (Wildman–Crippen MR) is 164 cm³/mol. The van der Waals surface area contributed by atoms with Gasteiger partial charge in [0, 0.05) is 45.3 Å². The predicted octanol–water partition coefficient (Wildman–Crippen LogP) is 9.29. The Morgan fingerprint density at radius 2 is 1.26 bits per heavy atom. The molecular formula is C36H23N3. The van der Waals surface area contributed by atoms with Crippen LogP contribution in [0.3, 0.4) is 0 Å². The molecule has 1 aliphatic heterocycles. The van der Waals surface area contributed by atoms with Gasteiger partial charge in [-0.2, -0.15) is 0 Å². The van der Waals surface area contributed by atoms with E-state index in [1.807, 2.05) is 6.21 Å². The molecule has 1 aliphatic rings.